The molecule has 2 rings (SSSR count). The highest BCUT2D eigenvalue weighted by Crippen LogP contribution is 2.40. The highest BCUT2D eigenvalue weighted by molar-refractivity contribution is 6.46. The molecule has 0 radical (unpaired) electrons. The predicted molar refractivity (Wildman–Crippen MR) is 101 cm³/mol. The van der Waals surface area contributed by atoms with Crippen molar-refractivity contribution in [1.29, 1.82) is 0 Å². The van der Waals surface area contributed by atoms with Crippen LogP contribution in [0.4, 0.5) is 0 Å². The van der Waals surface area contributed by atoms with E-state index in [0.29, 0.717) is 0 Å². The number of benzene rings is 1. The van der Waals surface area contributed by atoms with Gasteiger partial charge in [-0.15, -0.1) is 0 Å². The summed E-state index contributed by atoms with van der Waals surface area (Å²) in [5, 5.41) is 8.22. The molecule has 0 unspecified atom stereocenters. The number of esters is 2. The lowest BCUT2D eigenvalue weighted by Gasteiger charge is -2.20. The Hall–Kier alpha value is -1.50. The number of aliphatic carboxylic acids is 1. The molecule has 0 bridgehead atoms. The lowest BCUT2D eigenvalue weighted by Crippen LogP contribution is -2.22. The molecule has 27 heavy (non-hydrogen) atoms. The molecule has 0 atom stereocenters. The topological polar surface area (TPSA) is 89.9 Å². The van der Waals surface area contributed by atoms with Gasteiger partial charge in [-0.25, -0.2) is 14.4 Å². The Morgan fingerprint density at radius 3 is 2.19 bits per heavy atom. The lowest BCUT2D eigenvalue weighted by atomic mass is 9.92. The van der Waals surface area contributed by atoms with Gasteiger partial charge in [-0.3, -0.25) is 0 Å². The van der Waals surface area contributed by atoms with Crippen molar-refractivity contribution in [2.24, 2.45) is 5.92 Å². The molecule has 0 aromatic heterocycles. The van der Waals surface area contributed by atoms with Crippen LogP contribution >= 0.6 is 34.8 Å². The average molecular weight is 438 g/mol. The molecule has 0 saturated heterocycles. The zero-order valence-corrected chi connectivity index (χ0v) is 16.7. The van der Waals surface area contributed by atoms with Crippen LogP contribution in [0.15, 0.2) is 6.07 Å². The SMILES string of the molecule is O=C(O)C(=O)Oc1c(Cl)cc(Cl)c(Cl)c1C(=O)OCC1CCCCCCC1. The summed E-state index contributed by atoms with van der Waals surface area (Å²) in [7, 11) is 0. The van der Waals surface area contributed by atoms with E-state index < -0.39 is 23.7 Å². The Labute approximate surface area is 171 Å². The van der Waals surface area contributed by atoms with Crippen LogP contribution in [0.3, 0.4) is 0 Å². The van der Waals surface area contributed by atoms with Crippen LogP contribution in [0, 0.1) is 5.92 Å². The molecule has 1 fully saturated rings. The second-order valence-electron chi connectivity index (χ2n) is 6.36. The number of ether oxygens (including phenoxy) is 2. The molecule has 1 aliphatic rings. The summed E-state index contributed by atoms with van der Waals surface area (Å²) in [6.07, 6.45) is 7.61. The third-order valence-electron chi connectivity index (χ3n) is 4.37. The van der Waals surface area contributed by atoms with Crippen LogP contribution in [-0.2, 0) is 14.3 Å². The molecule has 1 saturated carbocycles. The molecule has 0 aliphatic heterocycles. The summed E-state index contributed by atoms with van der Waals surface area (Å²) in [5.74, 6) is -4.58. The van der Waals surface area contributed by atoms with E-state index in [2.05, 4.69) is 0 Å². The number of rotatable bonds is 4. The van der Waals surface area contributed by atoms with E-state index in [1.807, 2.05) is 0 Å². The van der Waals surface area contributed by atoms with Crippen molar-refractivity contribution in [3.8, 4) is 5.75 Å². The summed E-state index contributed by atoms with van der Waals surface area (Å²) < 4.78 is 10.1. The lowest BCUT2D eigenvalue weighted by molar-refractivity contribution is -0.158. The standard InChI is InChI=1S/C18H19Cl3O6/c19-11-8-12(20)15(27-18(25)16(22)23)13(14(11)21)17(24)26-9-10-6-4-2-1-3-5-7-10/h8,10H,1-7,9H2,(H,22,23). The van der Waals surface area contributed by atoms with Crippen LogP contribution in [0.2, 0.25) is 15.1 Å². The molecule has 0 amide bonds. The Balaban J connectivity index is 2.20. The highest BCUT2D eigenvalue weighted by Gasteiger charge is 2.28. The number of halogens is 3. The molecular formula is C18H19Cl3O6. The summed E-state index contributed by atoms with van der Waals surface area (Å²) in [4.78, 5) is 34.7. The maximum Gasteiger partial charge on any atom is 0.422 e. The highest BCUT2D eigenvalue weighted by atomic mass is 35.5. The van der Waals surface area contributed by atoms with Gasteiger partial charge in [0.25, 0.3) is 0 Å². The molecule has 1 aromatic rings. The summed E-state index contributed by atoms with van der Waals surface area (Å²) in [6.45, 7) is 0.186. The first kappa shape index (κ1) is 21.8. The van der Waals surface area contributed by atoms with Gasteiger partial charge in [0.15, 0.2) is 5.75 Å². The van der Waals surface area contributed by atoms with E-state index >= 15 is 0 Å². The van der Waals surface area contributed by atoms with Crippen LogP contribution in [0.25, 0.3) is 0 Å². The minimum Gasteiger partial charge on any atom is -0.473 e. The zero-order chi connectivity index (χ0) is 20.0. The fraction of sp³-hybridized carbons (Fsp3) is 0.500. The van der Waals surface area contributed by atoms with Crippen LogP contribution in [0.5, 0.6) is 5.75 Å². The van der Waals surface area contributed by atoms with Crippen LogP contribution < -0.4 is 4.74 Å². The molecule has 9 heteroatoms. The van der Waals surface area contributed by atoms with Gasteiger partial charge in [-0.05, 0) is 24.8 Å². The van der Waals surface area contributed by atoms with Crippen LogP contribution in [0.1, 0.15) is 55.3 Å². The van der Waals surface area contributed by atoms with E-state index in [-0.39, 0.29) is 33.2 Å². The van der Waals surface area contributed by atoms with Gasteiger partial charge < -0.3 is 14.6 Å². The minimum atomic E-state index is -1.84. The molecule has 0 heterocycles. The number of carboxylic acid groups (broad SMARTS) is 1. The molecule has 6 nitrogen and oxygen atoms in total. The Morgan fingerprint density at radius 1 is 1.00 bits per heavy atom. The zero-order valence-electron chi connectivity index (χ0n) is 14.4. The van der Waals surface area contributed by atoms with Crippen LogP contribution in [-0.4, -0.2) is 29.6 Å². The molecule has 0 spiro atoms. The first-order valence-electron chi connectivity index (χ1n) is 8.61. The van der Waals surface area contributed by atoms with Gasteiger partial charge in [-0.1, -0.05) is 66.9 Å². The number of carboxylic acids is 1. The van der Waals surface area contributed by atoms with Gasteiger partial charge >= 0.3 is 17.9 Å². The van der Waals surface area contributed by atoms with Gasteiger partial charge in [0, 0.05) is 0 Å². The smallest absolute Gasteiger partial charge is 0.422 e. The number of carbonyl (C=O) groups excluding carboxylic acids is 2. The summed E-state index contributed by atoms with van der Waals surface area (Å²) in [6, 6.07) is 1.15. The first-order valence-corrected chi connectivity index (χ1v) is 9.74. The van der Waals surface area contributed by atoms with E-state index in [1.165, 1.54) is 6.42 Å². The van der Waals surface area contributed by atoms with E-state index in [9.17, 15) is 14.4 Å². The van der Waals surface area contributed by atoms with E-state index in [4.69, 9.17) is 49.4 Å². The molecular weight excluding hydrogens is 419 g/mol. The Kier molecular flexibility index (Phi) is 8.20. The molecule has 1 aliphatic carbocycles. The summed E-state index contributed by atoms with van der Waals surface area (Å²) in [5.41, 5.74) is -0.366. The third kappa shape index (κ3) is 5.99. The Morgan fingerprint density at radius 2 is 1.59 bits per heavy atom. The first-order chi connectivity index (χ1) is 12.8. The maximum absolute atomic E-state index is 12.6. The van der Waals surface area contributed by atoms with Crippen molar-refractivity contribution in [2.45, 2.75) is 44.9 Å². The molecule has 148 valence electrons. The normalized spacial score (nSPS) is 15.5. The summed E-state index contributed by atoms with van der Waals surface area (Å²) >= 11 is 18.0. The third-order valence-corrected chi connectivity index (χ3v) is 5.44. The van der Waals surface area contributed by atoms with Gasteiger partial charge in [0.1, 0.15) is 5.56 Å². The fourth-order valence-electron chi connectivity index (χ4n) is 2.97. The number of hydrogen-bond acceptors (Lipinski definition) is 5. The van der Waals surface area contributed by atoms with Crippen molar-refractivity contribution < 1.29 is 29.0 Å². The van der Waals surface area contributed by atoms with Crippen molar-refractivity contribution in [2.75, 3.05) is 6.61 Å². The van der Waals surface area contributed by atoms with Gasteiger partial charge in [0.2, 0.25) is 0 Å². The molecule has 1 aromatic carbocycles. The maximum atomic E-state index is 12.6. The van der Waals surface area contributed by atoms with E-state index in [1.54, 1.807) is 0 Å². The quantitative estimate of drug-likeness (QED) is 0.303. The van der Waals surface area contributed by atoms with E-state index in [0.717, 1.165) is 44.6 Å². The molecule has 1 N–H and O–H groups in total. The van der Waals surface area contributed by atoms with Crippen molar-refractivity contribution in [1.82, 2.24) is 0 Å². The van der Waals surface area contributed by atoms with Crippen molar-refractivity contribution in [3.05, 3.63) is 26.7 Å². The number of carbonyl (C=O) groups is 3. The second kappa shape index (κ2) is 10.2. The predicted octanol–water partition coefficient (Wildman–Crippen LogP) is 5.15. The van der Waals surface area contributed by atoms with Crippen molar-refractivity contribution >= 4 is 52.7 Å². The Bertz CT molecular complexity index is 726. The largest absolute Gasteiger partial charge is 0.473 e. The number of hydrogen-bond donors (Lipinski definition) is 1. The monoisotopic (exact) mass is 436 g/mol. The second-order valence-corrected chi connectivity index (χ2v) is 7.55. The van der Waals surface area contributed by atoms with Gasteiger partial charge in [0.05, 0.1) is 21.7 Å². The fourth-order valence-corrected chi connectivity index (χ4v) is 3.69. The van der Waals surface area contributed by atoms with Gasteiger partial charge in [-0.2, -0.15) is 0 Å². The van der Waals surface area contributed by atoms with Crippen molar-refractivity contribution in [3.63, 3.8) is 0 Å². The minimum absolute atomic E-state index is 0.0466. The average Bonchev–Trinajstić information content (AvgIpc) is 2.58.